The van der Waals surface area contributed by atoms with Gasteiger partial charge in [-0.05, 0) is 12.5 Å². The van der Waals surface area contributed by atoms with Crippen LogP contribution in [0.25, 0.3) is 0 Å². The van der Waals surface area contributed by atoms with Gasteiger partial charge in [0.25, 0.3) is 0 Å². The van der Waals surface area contributed by atoms with E-state index in [9.17, 15) is 4.79 Å². The fourth-order valence-corrected chi connectivity index (χ4v) is 2.02. The molecular weight excluding hydrogens is 236 g/mol. The second kappa shape index (κ2) is 4.97. The van der Waals surface area contributed by atoms with E-state index in [4.69, 9.17) is 5.11 Å². The molecule has 0 atom stereocenters. The van der Waals surface area contributed by atoms with Crippen molar-refractivity contribution in [3.8, 4) is 0 Å². The highest BCUT2D eigenvalue weighted by Crippen LogP contribution is 2.16. The number of nitrogens with zero attached hydrogens (tertiary/aromatic N) is 1. The Bertz CT molecular complexity index is 520. The average molecular weight is 248 g/mol. The minimum Gasteiger partial charge on any atom is -0.476 e. The molecule has 1 heterocycles. The third-order valence-electron chi connectivity index (χ3n) is 2.29. The number of hydrogen-bond donors (Lipinski definition) is 2. The zero-order valence-electron chi connectivity index (χ0n) is 9.30. The normalized spacial score (nSPS) is 10.2. The molecule has 0 saturated carbocycles. The van der Waals surface area contributed by atoms with E-state index in [-0.39, 0.29) is 5.69 Å². The summed E-state index contributed by atoms with van der Waals surface area (Å²) in [7, 11) is 0. The van der Waals surface area contributed by atoms with Crippen LogP contribution in [0, 0.1) is 6.92 Å². The van der Waals surface area contributed by atoms with Crippen LogP contribution in [0.3, 0.4) is 0 Å². The van der Waals surface area contributed by atoms with Crippen LogP contribution < -0.4 is 5.32 Å². The molecule has 0 saturated heterocycles. The van der Waals surface area contributed by atoms with Gasteiger partial charge in [-0.3, -0.25) is 0 Å². The largest absolute Gasteiger partial charge is 0.476 e. The number of anilines is 1. The number of carbonyl (C=O) groups is 1. The number of carboxylic acids is 1. The van der Waals surface area contributed by atoms with Gasteiger partial charge in [0.2, 0.25) is 0 Å². The van der Waals surface area contributed by atoms with Crippen LogP contribution >= 0.6 is 11.3 Å². The average Bonchev–Trinajstić information content (AvgIpc) is 2.77. The van der Waals surface area contributed by atoms with Crippen LogP contribution in [0.5, 0.6) is 0 Å². The van der Waals surface area contributed by atoms with E-state index in [0.717, 1.165) is 5.56 Å². The lowest BCUT2D eigenvalue weighted by Gasteiger charge is -2.02. The van der Waals surface area contributed by atoms with Crippen molar-refractivity contribution in [3.63, 3.8) is 0 Å². The molecular formula is C12H12N2O2S. The second-order valence-corrected chi connectivity index (χ2v) is 4.54. The lowest BCUT2D eigenvalue weighted by atomic mass is 10.1. The molecule has 5 heteroatoms. The Balaban J connectivity index is 1.97. The molecule has 2 rings (SSSR count). The quantitative estimate of drug-likeness (QED) is 0.873. The number of rotatable bonds is 4. The number of carboxylic acid groups (broad SMARTS) is 1. The third-order valence-corrected chi connectivity index (χ3v) is 3.09. The molecule has 0 amide bonds. The van der Waals surface area contributed by atoms with Crippen molar-refractivity contribution in [2.24, 2.45) is 0 Å². The van der Waals surface area contributed by atoms with Gasteiger partial charge < -0.3 is 10.4 Å². The molecule has 1 aromatic heterocycles. The fourth-order valence-electron chi connectivity index (χ4n) is 1.34. The Morgan fingerprint density at radius 2 is 2.12 bits per heavy atom. The molecule has 1 aromatic carbocycles. The summed E-state index contributed by atoms with van der Waals surface area (Å²) < 4.78 is 0. The number of benzene rings is 1. The molecule has 17 heavy (non-hydrogen) atoms. The van der Waals surface area contributed by atoms with Gasteiger partial charge in [-0.1, -0.05) is 29.8 Å². The summed E-state index contributed by atoms with van der Waals surface area (Å²) in [4.78, 5) is 14.6. The molecule has 0 aliphatic heterocycles. The second-order valence-electron chi connectivity index (χ2n) is 3.68. The summed E-state index contributed by atoms with van der Waals surface area (Å²) in [5.74, 6) is -0.996. The van der Waals surface area contributed by atoms with E-state index in [1.54, 1.807) is 0 Å². The van der Waals surface area contributed by atoms with E-state index in [2.05, 4.69) is 10.3 Å². The van der Waals surface area contributed by atoms with Gasteiger partial charge >= 0.3 is 5.97 Å². The van der Waals surface area contributed by atoms with Gasteiger partial charge in [-0.15, -0.1) is 11.3 Å². The molecule has 0 aliphatic carbocycles. The van der Waals surface area contributed by atoms with Gasteiger partial charge in [0.1, 0.15) is 0 Å². The van der Waals surface area contributed by atoms with Crippen molar-refractivity contribution in [1.29, 1.82) is 0 Å². The summed E-state index contributed by atoms with van der Waals surface area (Å²) in [6, 6.07) is 8.16. The first-order valence-electron chi connectivity index (χ1n) is 5.13. The van der Waals surface area contributed by atoms with Crippen LogP contribution in [0.15, 0.2) is 29.6 Å². The topological polar surface area (TPSA) is 62.2 Å². The van der Waals surface area contributed by atoms with Gasteiger partial charge in [0.05, 0.1) is 0 Å². The maximum atomic E-state index is 10.6. The van der Waals surface area contributed by atoms with E-state index in [0.29, 0.717) is 11.7 Å². The number of thiazole rings is 1. The lowest BCUT2D eigenvalue weighted by Crippen LogP contribution is -2.01. The SMILES string of the molecule is Cc1ccc(CNc2nc(C(=O)O)cs2)cc1. The summed E-state index contributed by atoms with van der Waals surface area (Å²) in [6.07, 6.45) is 0. The fraction of sp³-hybridized carbons (Fsp3) is 0.167. The Kier molecular flexibility index (Phi) is 3.39. The standard InChI is InChI=1S/C12H12N2O2S/c1-8-2-4-9(5-3-8)6-13-12-14-10(7-17-12)11(15)16/h2-5,7H,6H2,1H3,(H,13,14)(H,15,16). The molecule has 0 spiro atoms. The molecule has 0 fully saturated rings. The first-order chi connectivity index (χ1) is 8.15. The summed E-state index contributed by atoms with van der Waals surface area (Å²) in [6.45, 7) is 2.68. The Hall–Kier alpha value is -1.88. The van der Waals surface area contributed by atoms with Crippen LogP contribution in [-0.4, -0.2) is 16.1 Å². The molecule has 0 bridgehead atoms. The number of aromatic nitrogens is 1. The first-order valence-corrected chi connectivity index (χ1v) is 6.01. The Morgan fingerprint density at radius 3 is 2.71 bits per heavy atom. The maximum absolute atomic E-state index is 10.6. The van der Waals surface area contributed by atoms with E-state index < -0.39 is 5.97 Å². The zero-order valence-corrected chi connectivity index (χ0v) is 10.1. The van der Waals surface area contributed by atoms with Crippen LogP contribution in [0.4, 0.5) is 5.13 Å². The summed E-state index contributed by atoms with van der Waals surface area (Å²) in [5.41, 5.74) is 2.44. The van der Waals surface area contributed by atoms with Gasteiger partial charge in [-0.25, -0.2) is 9.78 Å². The van der Waals surface area contributed by atoms with Crippen LogP contribution in [-0.2, 0) is 6.54 Å². The van der Waals surface area contributed by atoms with E-state index >= 15 is 0 Å². The molecule has 0 aliphatic rings. The molecule has 2 N–H and O–H groups in total. The van der Waals surface area contributed by atoms with Crippen molar-refractivity contribution >= 4 is 22.4 Å². The van der Waals surface area contributed by atoms with Gasteiger partial charge in [0, 0.05) is 11.9 Å². The highest BCUT2D eigenvalue weighted by Gasteiger charge is 2.07. The minimum absolute atomic E-state index is 0.0846. The van der Waals surface area contributed by atoms with Crippen molar-refractivity contribution in [2.45, 2.75) is 13.5 Å². The number of hydrogen-bond acceptors (Lipinski definition) is 4. The Labute approximate surface area is 103 Å². The predicted octanol–water partition coefficient (Wildman–Crippen LogP) is 2.76. The number of aryl methyl sites for hydroxylation is 1. The summed E-state index contributed by atoms with van der Waals surface area (Å²) in [5, 5.41) is 14.0. The van der Waals surface area contributed by atoms with Gasteiger partial charge in [-0.2, -0.15) is 0 Å². The highest BCUT2D eigenvalue weighted by molar-refractivity contribution is 7.13. The lowest BCUT2D eigenvalue weighted by molar-refractivity contribution is 0.0691. The Morgan fingerprint density at radius 1 is 1.41 bits per heavy atom. The third kappa shape index (κ3) is 3.04. The van der Waals surface area contributed by atoms with E-state index in [1.165, 1.54) is 22.3 Å². The predicted molar refractivity (Wildman–Crippen MR) is 67.6 cm³/mol. The highest BCUT2D eigenvalue weighted by atomic mass is 32.1. The number of aromatic carboxylic acids is 1. The van der Waals surface area contributed by atoms with Crippen molar-refractivity contribution in [2.75, 3.05) is 5.32 Å². The number of nitrogens with one attached hydrogen (secondary N) is 1. The van der Waals surface area contributed by atoms with Crippen LogP contribution in [0.2, 0.25) is 0 Å². The van der Waals surface area contributed by atoms with Crippen molar-refractivity contribution in [3.05, 3.63) is 46.5 Å². The smallest absolute Gasteiger partial charge is 0.355 e. The molecule has 88 valence electrons. The van der Waals surface area contributed by atoms with Gasteiger partial charge in [0.15, 0.2) is 10.8 Å². The van der Waals surface area contributed by atoms with Crippen LogP contribution in [0.1, 0.15) is 21.6 Å². The monoisotopic (exact) mass is 248 g/mol. The summed E-state index contributed by atoms with van der Waals surface area (Å²) >= 11 is 1.30. The molecule has 0 unspecified atom stereocenters. The first kappa shape index (κ1) is 11.6. The minimum atomic E-state index is -0.996. The zero-order chi connectivity index (χ0) is 12.3. The molecule has 4 nitrogen and oxygen atoms in total. The van der Waals surface area contributed by atoms with Crippen molar-refractivity contribution in [1.82, 2.24) is 4.98 Å². The maximum Gasteiger partial charge on any atom is 0.355 e. The van der Waals surface area contributed by atoms with E-state index in [1.807, 2.05) is 31.2 Å². The molecule has 0 radical (unpaired) electrons. The molecule has 2 aromatic rings. The van der Waals surface area contributed by atoms with Crippen molar-refractivity contribution < 1.29 is 9.90 Å².